The summed E-state index contributed by atoms with van der Waals surface area (Å²) in [6, 6.07) is 0.813. The third kappa shape index (κ3) is 3.26. The van der Waals surface area contributed by atoms with E-state index in [4.69, 9.17) is 0 Å². The molecule has 1 fully saturated rings. The van der Waals surface area contributed by atoms with E-state index in [0.29, 0.717) is 11.5 Å². The fourth-order valence-electron chi connectivity index (χ4n) is 2.33. The summed E-state index contributed by atoms with van der Waals surface area (Å²) in [6.07, 6.45) is 3.00. The lowest BCUT2D eigenvalue weighted by molar-refractivity contribution is 0.354. The van der Waals surface area contributed by atoms with Crippen LogP contribution in [-0.4, -0.2) is 31.8 Å². The second kappa shape index (κ2) is 5.21. The van der Waals surface area contributed by atoms with E-state index in [1.807, 2.05) is 7.05 Å². The molecule has 3 unspecified atom stereocenters. The number of thioether (sulfide) groups is 1. The van der Waals surface area contributed by atoms with Crippen LogP contribution in [-0.2, 0) is 7.05 Å². The van der Waals surface area contributed by atoms with Crippen molar-refractivity contribution in [2.24, 2.45) is 12.5 Å². The Labute approximate surface area is 114 Å². The summed E-state index contributed by atoms with van der Waals surface area (Å²) in [5.41, 5.74) is 0.396. The quantitative estimate of drug-likeness (QED) is 0.914. The van der Waals surface area contributed by atoms with Crippen LogP contribution in [0.4, 0.5) is 0 Å². The highest BCUT2D eigenvalue weighted by atomic mass is 32.2. The van der Waals surface area contributed by atoms with Crippen LogP contribution in [0.15, 0.2) is 6.33 Å². The Hall–Kier alpha value is -0.550. The zero-order valence-electron chi connectivity index (χ0n) is 12.0. The van der Waals surface area contributed by atoms with E-state index in [2.05, 4.69) is 54.9 Å². The standard InChI is InChI=1S/C13H24N4S/c1-9(12-14-8-17(5)16-12)15-10-6-11(18-7-10)13(2,3)4/h8-11,15H,6-7H2,1-5H3. The number of nitrogens with zero attached hydrogens (tertiary/aromatic N) is 3. The van der Waals surface area contributed by atoms with Gasteiger partial charge in [0.15, 0.2) is 5.82 Å². The lowest BCUT2D eigenvalue weighted by Gasteiger charge is -2.26. The molecule has 102 valence electrons. The Morgan fingerprint density at radius 1 is 1.50 bits per heavy atom. The first-order chi connectivity index (χ1) is 8.36. The Kier molecular flexibility index (Phi) is 4.02. The van der Waals surface area contributed by atoms with Crippen LogP contribution in [0.1, 0.15) is 46.0 Å². The summed E-state index contributed by atoms with van der Waals surface area (Å²) in [5.74, 6) is 2.08. The molecule has 5 heteroatoms. The lowest BCUT2D eigenvalue weighted by Crippen LogP contribution is -2.33. The average molecular weight is 268 g/mol. The van der Waals surface area contributed by atoms with Gasteiger partial charge in [0.1, 0.15) is 6.33 Å². The smallest absolute Gasteiger partial charge is 0.167 e. The number of hydrogen-bond donors (Lipinski definition) is 1. The first kappa shape index (κ1) is 13.9. The molecule has 1 N–H and O–H groups in total. The molecule has 18 heavy (non-hydrogen) atoms. The van der Waals surface area contributed by atoms with Crippen molar-refractivity contribution < 1.29 is 0 Å². The van der Waals surface area contributed by atoms with Gasteiger partial charge in [-0.25, -0.2) is 4.98 Å². The predicted molar refractivity (Wildman–Crippen MR) is 76.7 cm³/mol. The molecule has 0 aliphatic carbocycles. The Morgan fingerprint density at radius 3 is 2.72 bits per heavy atom. The van der Waals surface area contributed by atoms with Gasteiger partial charge in [0.2, 0.25) is 0 Å². The fourth-order valence-corrected chi connectivity index (χ4v) is 3.89. The first-order valence-electron chi connectivity index (χ1n) is 6.59. The van der Waals surface area contributed by atoms with E-state index in [1.54, 1.807) is 11.0 Å². The van der Waals surface area contributed by atoms with Crippen molar-refractivity contribution in [3.63, 3.8) is 0 Å². The molecule has 1 aromatic heterocycles. The van der Waals surface area contributed by atoms with Crippen LogP contribution in [0.25, 0.3) is 0 Å². The molecule has 0 spiro atoms. The molecule has 0 bridgehead atoms. The van der Waals surface area contributed by atoms with Gasteiger partial charge >= 0.3 is 0 Å². The van der Waals surface area contributed by atoms with Crippen molar-refractivity contribution in [2.45, 2.75) is 51.4 Å². The molecule has 0 saturated carbocycles. The largest absolute Gasteiger partial charge is 0.304 e. The molecule has 2 rings (SSSR count). The van der Waals surface area contributed by atoms with Gasteiger partial charge in [-0.2, -0.15) is 16.9 Å². The maximum Gasteiger partial charge on any atom is 0.167 e. The van der Waals surface area contributed by atoms with E-state index in [-0.39, 0.29) is 6.04 Å². The van der Waals surface area contributed by atoms with Gasteiger partial charge in [-0.05, 0) is 18.8 Å². The molecule has 1 saturated heterocycles. The van der Waals surface area contributed by atoms with Gasteiger partial charge in [-0.15, -0.1) is 0 Å². The molecule has 0 radical (unpaired) electrons. The zero-order valence-corrected chi connectivity index (χ0v) is 12.8. The lowest BCUT2D eigenvalue weighted by atomic mass is 9.88. The minimum atomic E-state index is 0.232. The van der Waals surface area contributed by atoms with E-state index in [0.717, 1.165) is 11.1 Å². The first-order valence-corrected chi connectivity index (χ1v) is 7.64. The molecular formula is C13H24N4S. The third-order valence-electron chi connectivity index (χ3n) is 3.45. The van der Waals surface area contributed by atoms with Gasteiger partial charge in [-0.1, -0.05) is 20.8 Å². The van der Waals surface area contributed by atoms with Gasteiger partial charge < -0.3 is 5.32 Å². The maximum atomic E-state index is 4.36. The summed E-state index contributed by atoms with van der Waals surface area (Å²) in [4.78, 5) is 4.31. The van der Waals surface area contributed by atoms with Crippen LogP contribution in [0.5, 0.6) is 0 Å². The SMILES string of the molecule is CC(NC1CSC(C(C)(C)C)C1)c1ncn(C)n1. The van der Waals surface area contributed by atoms with E-state index in [1.165, 1.54) is 12.2 Å². The van der Waals surface area contributed by atoms with E-state index < -0.39 is 0 Å². The minimum absolute atomic E-state index is 0.232. The van der Waals surface area contributed by atoms with Crippen molar-refractivity contribution in [1.82, 2.24) is 20.1 Å². The topological polar surface area (TPSA) is 42.7 Å². The van der Waals surface area contributed by atoms with Crippen LogP contribution < -0.4 is 5.32 Å². The molecular weight excluding hydrogens is 244 g/mol. The van der Waals surface area contributed by atoms with Crippen molar-refractivity contribution >= 4 is 11.8 Å². The van der Waals surface area contributed by atoms with Crippen LogP contribution in [0, 0.1) is 5.41 Å². The van der Waals surface area contributed by atoms with Crippen LogP contribution in [0.3, 0.4) is 0 Å². The van der Waals surface area contributed by atoms with Crippen molar-refractivity contribution in [1.29, 1.82) is 0 Å². The van der Waals surface area contributed by atoms with Gasteiger partial charge in [0, 0.05) is 24.1 Å². The van der Waals surface area contributed by atoms with Gasteiger partial charge in [0.25, 0.3) is 0 Å². The number of aryl methyl sites for hydroxylation is 1. The summed E-state index contributed by atoms with van der Waals surface area (Å²) < 4.78 is 1.76. The monoisotopic (exact) mass is 268 g/mol. The van der Waals surface area contributed by atoms with Crippen LogP contribution >= 0.6 is 11.8 Å². The molecule has 2 heterocycles. The van der Waals surface area contributed by atoms with E-state index in [9.17, 15) is 0 Å². The number of rotatable bonds is 3. The number of nitrogens with one attached hydrogen (secondary N) is 1. The molecule has 3 atom stereocenters. The Morgan fingerprint density at radius 2 is 2.22 bits per heavy atom. The highest BCUT2D eigenvalue weighted by molar-refractivity contribution is 8.00. The van der Waals surface area contributed by atoms with Crippen molar-refractivity contribution in [2.75, 3.05) is 5.75 Å². The van der Waals surface area contributed by atoms with E-state index >= 15 is 0 Å². The summed E-state index contributed by atoms with van der Waals surface area (Å²) in [6.45, 7) is 9.13. The van der Waals surface area contributed by atoms with Gasteiger partial charge in [0.05, 0.1) is 6.04 Å². The molecule has 1 aromatic rings. The van der Waals surface area contributed by atoms with Crippen molar-refractivity contribution in [3.8, 4) is 0 Å². The number of aromatic nitrogens is 3. The van der Waals surface area contributed by atoms with Crippen molar-refractivity contribution in [3.05, 3.63) is 12.2 Å². The highest BCUT2D eigenvalue weighted by Gasteiger charge is 2.34. The summed E-state index contributed by atoms with van der Waals surface area (Å²) >= 11 is 2.09. The molecule has 1 aliphatic rings. The molecule has 0 amide bonds. The molecule has 1 aliphatic heterocycles. The number of hydrogen-bond acceptors (Lipinski definition) is 4. The fraction of sp³-hybridized carbons (Fsp3) is 0.846. The molecule has 4 nitrogen and oxygen atoms in total. The minimum Gasteiger partial charge on any atom is -0.304 e. The second-order valence-corrected chi connectivity index (χ2v) is 7.52. The second-order valence-electron chi connectivity index (χ2n) is 6.29. The van der Waals surface area contributed by atoms with Crippen LogP contribution in [0.2, 0.25) is 0 Å². The predicted octanol–water partition coefficient (Wildman–Crippen LogP) is 2.39. The normalized spacial score (nSPS) is 26.5. The maximum absolute atomic E-state index is 4.36. The Balaban J connectivity index is 1.88. The highest BCUT2D eigenvalue weighted by Crippen LogP contribution is 2.39. The Bertz CT molecular complexity index is 396. The third-order valence-corrected chi connectivity index (χ3v) is 5.35. The molecule has 0 aromatic carbocycles. The summed E-state index contributed by atoms with van der Waals surface area (Å²) in [5, 5.41) is 8.76. The zero-order chi connectivity index (χ0) is 13.3. The summed E-state index contributed by atoms with van der Waals surface area (Å²) in [7, 11) is 1.91. The average Bonchev–Trinajstić information content (AvgIpc) is 2.85. The van der Waals surface area contributed by atoms with Gasteiger partial charge in [-0.3, -0.25) is 4.68 Å².